The van der Waals surface area contributed by atoms with Gasteiger partial charge in [-0.1, -0.05) is 0 Å². The zero-order valence-electron chi connectivity index (χ0n) is 13.9. The van der Waals surface area contributed by atoms with E-state index in [2.05, 4.69) is 36.0 Å². The summed E-state index contributed by atoms with van der Waals surface area (Å²) in [5.41, 5.74) is 1.12. The van der Waals surface area contributed by atoms with E-state index in [1.54, 1.807) is 18.4 Å². The van der Waals surface area contributed by atoms with Crippen LogP contribution in [0.4, 0.5) is 0 Å². The van der Waals surface area contributed by atoms with Gasteiger partial charge in [0.1, 0.15) is 5.01 Å². The molecule has 0 saturated carbocycles. The summed E-state index contributed by atoms with van der Waals surface area (Å²) in [5, 5.41) is 4.48. The van der Waals surface area contributed by atoms with Crippen LogP contribution in [0.25, 0.3) is 0 Å². The standard InChI is InChI=1S/C15H26N4OS.HI/c1-5-16-15(19-7-6-13(9-19)10-20-4)17-8-14-18-11(2)12(3)21-14;/h13H,5-10H2,1-4H3,(H,16,17);1H. The number of methoxy groups -OCH3 is 1. The Labute approximate surface area is 154 Å². The van der Waals surface area contributed by atoms with Crippen molar-refractivity contribution in [3.63, 3.8) is 0 Å². The molecule has 1 N–H and O–H groups in total. The lowest BCUT2D eigenvalue weighted by atomic mass is 10.1. The third-order valence-corrected chi connectivity index (χ3v) is 4.82. The molecule has 0 aromatic carbocycles. The average Bonchev–Trinajstić information content (AvgIpc) is 3.03. The van der Waals surface area contributed by atoms with Crippen LogP contribution in [-0.4, -0.2) is 49.2 Å². The number of hydrogen-bond donors (Lipinski definition) is 1. The zero-order valence-corrected chi connectivity index (χ0v) is 17.0. The summed E-state index contributed by atoms with van der Waals surface area (Å²) in [7, 11) is 1.77. The Bertz CT molecular complexity index is 472. The minimum absolute atomic E-state index is 0. The number of thiazole rings is 1. The number of aromatic nitrogens is 1. The van der Waals surface area contributed by atoms with Gasteiger partial charge < -0.3 is 15.0 Å². The fourth-order valence-electron chi connectivity index (χ4n) is 2.57. The molecule has 0 bridgehead atoms. The molecule has 0 amide bonds. The van der Waals surface area contributed by atoms with Crippen molar-refractivity contribution >= 4 is 41.3 Å². The Morgan fingerprint density at radius 1 is 1.50 bits per heavy atom. The topological polar surface area (TPSA) is 49.8 Å². The molecule has 1 saturated heterocycles. The Morgan fingerprint density at radius 3 is 2.86 bits per heavy atom. The summed E-state index contributed by atoms with van der Waals surface area (Å²) in [4.78, 5) is 12.9. The maximum atomic E-state index is 5.26. The van der Waals surface area contributed by atoms with Crippen molar-refractivity contribution in [1.82, 2.24) is 15.2 Å². The number of ether oxygens (including phenoxy) is 1. The predicted molar refractivity (Wildman–Crippen MR) is 103 cm³/mol. The van der Waals surface area contributed by atoms with Gasteiger partial charge in [-0.3, -0.25) is 0 Å². The van der Waals surface area contributed by atoms with Gasteiger partial charge in [0.05, 0.1) is 18.8 Å². The maximum Gasteiger partial charge on any atom is 0.194 e. The summed E-state index contributed by atoms with van der Waals surface area (Å²) >= 11 is 1.74. The summed E-state index contributed by atoms with van der Waals surface area (Å²) in [6.07, 6.45) is 1.17. The first-order valence-electron chi connectivity index (χ1n) is 7.59. The maximum absolute atomic E-state index is 5.26. The molecule has 1 fully saturated rings. The predicted octanol–water partition coefficient (Wildman–Crippen LogP) is 2.81. The number of rotatable bonds is 5. The highest BCUT2D eigenvalue weighted by Gasteiger charge is 2.24. The molecule has 126 valence electrons. The molecule has 0 spiro atoms. The van der Waals surface area contributed by atoms with Crippen LogP contribution in [0.1, 0.15) is 28.9 Å². The number of aliphatic imine (C=N–C) groups is 1. The fourth-order valence-corrected chi connectivity index (χ4v) is 3.43. The van der Waals surface area contributed by atoms with Crippen molar-refractivity contribution in [2.75, 3.05) is 33.4 Å². The highest BCUT2D eigenvalue weighted by Crippen LogP contribution is 2.19. The lowest BCUT2D eigenvalue weighted by Crippen LogP contribution is -2.40. The highest BCUT2D eigenvalue weighted by molar-refractivity contribution is 14.0. The normalized spacial score (nSPS) is 18.5. The van der Waals surface area contributed by atoms with Crippen LogP contribution >= 0.6 is 35.3 Å². The van der Waals surface area contributed by atoms with Crippen LogP contribution in [0.5, 0.6) is 0 Å². The van der Waals surface area contributed by atoms with E-state index in [-0.39, 0.29) is 24.0 Å². The largest absolute Gasteiger partial charge is 0.384 e. The number of nitrogens with zero attached hydrogens (tertiary/aromatic N) is 3. The van der Waals surface area contributed by atoms with Crippen molar-refractivity contribution in [2.24, 2.45) is 10.9 Å². The van der Waals surface area contributed by atoms with Gasteiger partial charge in [-0.25, -0.2) is 9.98 Å². The lowest BCUT2D eigenvalue weighted by Gasteiger charge is -2.21. The summed E-state index contributed by atoms with van der Waals surface area (Å²) in [6.45, 7) is 10.7. The van der Waals surface area contributed by atoms with Crippen molar-refractivity contribution in [2.45, 2.75) is 33.7 Å². The van der Waals surface area contributed by atoms with E-state index in [0.717, 1.165) is 42.9 Å². The number of halogens is 1. The van der Waals surface area contributed by atoms with Gasteiger partial charge in [0, 0.05) is 37.5 Å². The van der Waals surface area contributed by atoms with Gasteiger partial charge in [0.25, 0.3) is 0 Å². The van der Waals surface area contributed by atoms with Crippen LogP contribution in [0.3, 0.4) is 0 Å². The molecule has 0 aliphatic carbocycles. The fraction of sp³-hybridized carbons (Fsp3) is 0.733. The molecule has 1 aliphatic heterocycles. The van der Waals surface area contributed by atoms with E-state index in [1.165, 1.54) is 11.3 Å². The van der Waals surface area contributed by atoms with Gasteiger partial charge in [0.15, 0.2) is 5.96 Å². The number of guanidine groups is 1. The molecule has 22 heavy (non-hydrogen) atoms. The number of likely N-dealkylation sites (tertiary alicyclic amines) is 1. The van der Waals surface area contributed by atoms with E-state index in [4.69, 9.17) is 9.73 Å². The average molecular weight is 438 g/mol. The second-order valence-electron chi connectivity index (χ2n) is 5.48. The third-order valence-electron chi connectivity index (χ3n) is 3.76. The first kappa shape index (κ1) is 19.6. The van der Waals surface area contributed by atoms with Gasteiger partial charge in [-0.15, -0.1) is 35.3 Å². The molecular formula is C15H27IN4OS. The van der Waals surface area contributed by atoms with Crippen LogP contribution < -0.4 is 5.32 Å². The molecule has 7 heteroatoms. The van der Waals surface area contributed by atoms with Gasteiger partial charge in [-0.05, 0) is 27.2 Å². The second kappa shape index (κ2) is 9.67. The van der Waals surface area contributed by atoms with Crippen LogP contribution in [0.15, 0.2) is 4.99 Å². The number of aryl methyl sites for hydroxylation is 2. The Balaban J connectivity index is 0.00000242. The van der Waals surface area contributed by atoms with E-state index < -0.39 is 0 Å². The van der Waals surface area contributed by atoms with Crippen LogP contribution in [0, 0.1) is 19.8 Å². The Hall–Kier alpha value is -0.410. The van der Waals surface area contributed by atoms with Crippen molar-refractivity contribution in [3.05, 3.63) is 15.6 Å². The number of hydrogen-bond acceptors (Lipinski definition) is 4. The van der Waals surface area contributed by atoms with Gasteiger partial charge in [0.2, 0.25) is 0 Å². The summed E-state index contributed by atoms with van der Waals surface area (Å²) in [6, 6.07) is 0. The highest BCUT2D eigenvalue weighted by atomic mass is 127. The quantitative estimate of drug-likeness (QED) is 0.437. The second-order valence-corrected chi connectivity index (χ2v) is 6.76. The summed E-state index contributed by atoms with van der Waals surface area (Å²) < 4.78 is 5.26. The zero-order chi connectivity index (χ0) is 15.2. The van der Waals surface area contributed by atoms with Crippen LogP contribution in [-0.2, 0) is 11.3 Å². The minimum Gasteiger partial charge on any atom is -0.384 e. The van der Waals surface area contributed by atoms with Crippen LogP contribution in [0.2, 0.25) is 0 Å². The van der Waals surface area contributed by atoms with Crippen molar-refractivity contribution in [3.8, 4) is 0 Å². The van der Waals surface area contributed by atoms with Crippen molar-refractivity contribution < 1.29 is 4.74 Å². The number of nitrogens with one attached hydrogen (secondary N) is 1. The minimum atomic E-state index is 0. The molecule has 1 aliphatic rings. The Morgan fingerprint density at radius 2 is 2.27 bits per heavy atom. The molecule has 1 aromatic heterocycles. The molecule has 1 atom stereocenters. The molecule has 2 heterocycles. The molecule has 5 nitrogen and oxygen atoms in total. The van der Waals surface area contributed by atoms with Crippen molar-refractivity contribution in [1.29, 1.82) is 0 Å². The van der Waals surface area contributed by atoms with E-state index >= 15 is 0 Å². The van der Waals surface area contributed by atoms with E-state index in [9.17, 15) is 0 Å². The molecule has 2 rings (SSSR count). The van der Waals surface area contributed by atoms with E-state index in [0.29, 0.717) is 12.5 Å². The monoisotopic (exact) mass is 438 g/mol. The lowest BCUT2D eigenvalue weighted by molar-refractivity contribution is 0.157. The molecule has 1 aromatic rings. The first-order chi connectivity index (χ1) is 10.1. The van der Waals surface area contributed by atoms with Gasteiger partial charge in [-0.2, -0.15) is 0 Å². The summed E-state index contributed by atoms with van der Waals surface area (Å²) in [5.74, 6) is 1.62. The smallest absolute Gasteiger partial charge is 0.194 e. The molecule has 0 radical (unpaired) electrons. The molecular weight excluding hydrogens is 411 g/mol. The first-order valence-corrected chi connectivity index (χ1v) is 8.40. The van der Waals surface area contributed by atoms with E-state index in [1.807, 2.05) is 0 Å². The Kier molecular flexibility index (Phi) is 8.63. The molecule has 1 unspecified atom stereocenters. The third kappa shape index (κ3) is 5.34. The van der Waals surface area contributed by atoms with Gasteiger partial charge >= 0.3 is 0 Å². The SMILES string of the molecule is CCNC(=NCc1nc(C)c(C)s1)N1CCC(COC)C1.I.